The standard InChI is InChI=1S/C20H22N2O2/c1-13-8-9-14(2)17(10-13)21-20(24)16-11-19(23)22(12-16)18-7-5-4-6-15(18)3/h4-10,16H,11-12H2,1-3H3,(H,21,24)/t16-/m1/s1. The molecule has 0 unspecified atom stereocenters. The SMILES string of the molecule is Cc1ccc(C)c(NC(=O)[C@@H]2CC(=O)N(c3ccccc3C)C2)c1. The van der Waals surface area contributed by atoms with Crippen molar-refractivity contribution in [1.29, 1.82) is 0 Å². The summed E-state index contributed by atoms with van der Waals surface area (Å²) in [5.74, 6) is -0.407. The summed E-state index contributed by atoms with van der Waals surface area (Å²) in [5, 5.41) is 2.98. The van der Waals surface area contributed by atoms with E-state index in [0.29, 0.717) is 6.54 Å². The lowest BCUT2D eigenvalue weighted by atomic mass is 10.1. The van der Waals surface area contributed by atoms with Crippen LogP contribution in [0.2, 0.25) is 0 Å². The zero-order valence-corrected chi connectivity index (χ0v) is 14.3. The zero-order chi connectivity index (χ0) is 17.3. The van der Waals surface area contributed by atoms with Gasteiger partial charge in [0.25, 0.3) is 0 Å². The molecule has 1 heterocycles. The van der Waals surface area contributed by atoms with Crippen LogP contribution < -0.4 is 10.2 Å². The summed E-state index contributed by atoms with van der Waals surface area (Å²) < 4.78 is 0. The first-order valence-electron chi connectivity index (χ1n) is 8.20. The Hall–Kier alpha value is -2.62. The third-order valence-electron chi connectivity index (χ3n) is 4.55. The van der Waals surface area contributed by atoms with Gasteiger partial charge in [-0.15, -0.1) is 0 Å². The van der Waals surface area contributed by atoms with Crippen molar-refractivity contribution in [1.82, 2.24) is 0 Å². The van der Waals surface area contributed by atoms with Gasteiger partial charge in [0.2, 0.25) is 11.8 Å². The number of carbonyl (C=O) groups is 2. The van der Waals surface area contributed by atoms with Crippen molar-refractivity contribution in [2.75, 3.05) is 16.8 Å². The molecule has 4 nitrogen and oxygen atoms in total. The first kappa shape index (κ1) is 16.2. The normalized spacial score (nSPS) is 17.2. The molecule has 2 amide bonds. The van der Waals surface area contributed by atoms with Crippen molar-refractivity contribution in [3.05, 3.63) is 59.2 Å². The number of aryl methyl sites for hydroxylation is 3. The summed E-state index contributed by atoms with van der Waals surface area (Å²) in [4.78, 5) is 26.7. The van der Waals surface area contributed by atoms with Crippen molar-refractivity contribution in [3.8, 4) is 0 Å². The van der Waals surface area contributed by atoms with Gasteiger partial charge in [-0.05, 0) is 49.6 Å². The molecule has 2 aromatic carbocycles. The number of benzene rings is 2. The number of hydrogen-bond donors (Lipinski definition) is 1. The minimum atomic E-state index is -0.322. The van der Waals surface area contributed by atoms with Crippen LogP contribution in [0.3, 0.4) is 0 Å². The molecule has 0 aliphatic carbocycles. The zero-order valence-electron chi connectivity index (χ0n) is 14.3. The Morgan fingerprint density at radius 3 is 2.58 bits per heavy atom. The Morgan fingerprint density at radius 1 is 1.08 bits per heavy atom. The van der Waals surface area contributed by atoms with E-state index >= 15 is 0 Å². The average molecular weight is 322 g/mol. The Labute approximate surface area is 142 Å². The van der Waals surface area contributed by atoms with Gasteiger partial charge in [-0.2, -0.15) is 0 Å². The molecule has 2 aromatic rings. The van der Waals surface area contributed by atoms with Crippen LogP contribution in [0.5, 0.6) is 0 Å². The Kier molecular flexibility index (Phi) is 4.38. The largest absolute Gasteiger partial charge is 0.326 e. The molecule has 1 aliphatic heterocycles. The van der Waals surface area contributed by atoms with Crippen LogP contribution in [0.15, 0.2) is 42.5 Å². The van der Waals surface area contributed by atoms with Crippen LogP contribution >= 0.6 is 0 Å². The molecule has 0 saturated carbocycles. The maximum Gasteiger partial charge on any atom is 0.229 e. The predicted molar refractivity (Wildman–Crippen MR) is 96.2 cm³/mol. The number of hydrogen-bond acceptors (Lipinski definition) is 2. The number of para-hydroxylation sites is 1. The second kappa shape index (κ2) is 6.48. The molecule has 24 heavy (non-hydrogen) atoms. The van der Waals surface area contributed by atoms with E-state index < -0.39 is 0 Å². The molecule has 0 aromatic heterocycles. The second-order valence-electron chi connectivity index (χ2n) is 6.50. The van der Waals surface area contributed by atoms with Gasteiger partial charge in [-0.25, -0.2) is 0 Å². The highest BCUT2D eigenvalue weighted by molar-refractivity contribution is 6.04. The van der Waals surface area contributed by atoms with Gasteiger partial charge in [0.15, 0.2) is 0 Å². The molecule has 3 rings (SSSR count). The summed E-state index contributed by atoms with van der Waals surface area (Å²) >= 11 is 0. The highest BCUT2D eigenvalue weighted by Crippen LogP contribution is 2.28. The second-order valence-corrected chi connectivity index (χ2v) is 6.50. The van der Waals surface area contributed by atoms with Crippen molar-refractivity contribution < 1.29 is 9.59 Å². The number of nitrogens with one attached hydrogen (secondary N) is 1. The van der Waals surface area contributed by atoms with E-state index in [2.05, 4.69) is 5.32 Å². The molecule has 0 spiro atoms. The van der Waals surface area contributed by atoms with Crippen molar-refractivity contribution in [2.24, 2.45) is 5.92 Å². The van der Waals surface area contributed by atoms with Gasteiger partial charge in [0.1, 0.15) is 0 Å². The van der Waals surface area contributed by atoms with E-state index in [4.69, 9.17) is 0 Å². The minimum Gasteiger partial charge on any atom is -0.326 e. The van der Waals surface area contributed by atoms with Crippen LogP contribution in [0.4, 0.5) is 11.4 Å². The fourth-order valence-corrected chi connectivity index (χ4v) is 3.09. The lowest BCUT2D eigenvalue weighted by Crippen LogP contribution is -2.28. The number of anilines is 2. The van der Waals surface area contributed by atoms with Gasteiger partial charge < -0.3 is 10.2 Å². The van der Waals surface area contributed by atoms with E-state index in [1.165, 1.54) is 0 Å². The number of rotatable bonds is 3. The maximum atomic E-state index is 12.6. The molecule has 1 atom stereocenters. The molecule has 4 heteroatoms. The van der Waals surface area contributed by atoms with Crippen LogP contribution in [0, 0.1) is 26.7 Å². The van der Waals surface area contributed by atoms with Crippen LogP contribution in [-0.2, 0) is 9.59 Å². The van der Waals surface area contributed by atoms with Gasteiger partial charge in [0.05, 0.1) is 5.92 Å². The fraction of sp³-hybridized carbons (Fsp3) is 0.300. The van der Waals surface area contributed by atoms with Crippen LogP contribution in [0.25, 0.3) is 0 Å². The van der Waals surface area contributed by atoms with E-state index in [0.717, 1.165) is 28.1 Å². The lowest BCUT2D eigenvalue weighted by Gasteiger charge is -2.19. The molecular weight excluding hydrogens is 300 g/mol. The molecule has 1 aliphatic rings. The topological polar surface area (TPSA) is 49.4 Å². The Morgan fingerprint density at radius 2 is 1.83 bits per heavy atom. The summed E-state index contributed by atoms with van der Waals surface area (Å²) in [7, 11) is 0. The van der Waals surface area contributed by atoms with Crippen LogP contribution in [-0.4, -0.2) is 18.4 Å². The third-order valence-corrected chi connectivity index (χ3v) is 4.55. The number of nitrogens with zero attached hydrogens (tertiary/aromatic N) is 1. The molecule has 0 bridgehead atoms. The van der Waals surface area contributed by atoms with Gasteiger partial charge in [-0.1, -0.05) is 30.3 Å². The van der Waals surface area contributed by atoms with Gasteiger partial charge in [0, 0.05) is 24.3 Å². The molecule has 1 N–H and O–H groups in total. The summed E-state index contributed by atoms with van der Waals surface area (Å²) in [5.41, 5.74) is 4.88. The predicted octanol–water partition coefficient (Wildman–Crippen LogP) is 3.60. The van der Waals surface area contributed by atoms with Crippen LogP contribution in [0.1, 0.15) is 23.1 Å². The summed E-state index contributed by atoms with van der Waals surface area (Å²) in [6.45, 7) is 6.37. The first-order valence-corrected chi connectivity index (χ1v) is 8.20. The molecule has 0 radical (unpaired) electrons. The van der Waals surface area contributed by atoms with E-state index in [1.807, 2.05) is 63.2 Å². The average Bonchev–Trinajstić information content (AvgIpc) is 2.93. The Bertz CT molecular complexity index is 798. The molecular formula is C20H22N2O2. The molecule has 1 saturated heterocycles. The van der Waals surface area contributed by atoms with Gasteiger partial charge in [-0.3, -0.25) is 9.59 Å². The third kappa shape index (κ3) is 3.18. The Balaban J connectivity index is 1.75. The number of carbonyl (C=O) groups excluding carboxylic acids is 2. The maximum absolute atomic E-state index is 12.6. The lowest BCUT2D eigenvalue weighted by molar-refractivity contribution is -0.122. The highest BCUT2D eigenvalue weighted by Gasteiger charge is 2.35. The van der Waals surface area contributed by atoms with E-state index in [-0.39, 0.29) is 24.2 Å². The van der Waals surface area contributed by atoms with Gasteiger partial charge >= 0.3 is 0 Å². The molecule has 124 valence electrons. The fourth-order valence-electron chi connectivity index (χ4n) is 3.09. The smallest absolute Gasteiger partial charge is 0.229 e. The molecule has 1 fully saturated rings. The van der Waals surface area contributed by atoms with E-state index in [1.54, 1.807) is 4.90 Å². The van der Waals surface area contributed by atoms with Crippen molar-refractivity contribution in [3.63, 3.8) is 0 Å². The summed E-state index contributed by atoms with van der Waals surface area (Å²) in [6, 6.07) is 13.7. The number of amides is 2. The summed E-state index contributed by atoms with van der Waals surface area (Å²) in [6.07, 6.45) is 0.255. The first-order chi connectivity index (χ1) is 11.5. The van der Waals surface area contributed by atoms with Crippen molar-refractivity contribution in [2.45, 2.75) is 27.2 Å². The minimum absolute atomic E-state index is 0.00501. The quantitative estimate of drug-likeness (QED) is 0.938. The van der Waals surface area contributed by atoms with Crippen molar-refractivity contribution >= 4 is 23.2 Å². The highest BCUT2D eigenvalue weighted by atomic mass is 16.2. The monoisotopic (exact) mass is 322 g/mol. The van der Waals surface area contributed by atoms with E-state index in [9.17, 15) is 9.59 Å².